The molecule has 5 aromatic carbocycles. The van der Waals surface area contributed by atoms with Gasteiger partial charge in [-0.1, -0.05) is 133 Å². The van der Waals surface area contributed by atoms with E-state index < -0.39 is 12.9 Å². The minimum atomic E-state index is -4.40. The predicted molar refractivity (Wildman–Crippen MR) is 180 cm³/mol. The largest absolute Gasteiger partial charge is 0.739 e. The minimum Gasteiger partial charge on any atom is -0.389 e. The summed E-state index contributed by atoms with van der Waals surface area (Å²) in [4.78, 5) is 13.8. The molecule has 0 saturated carbocycles. The van der Waals surface area contributed by atoms with Gasteiger partial charge < -0.3 is 17.9 Å². The number of pyridine rings is 1. The molecule has 0 saturated heterocycles. The molecule has 2 aliphatic rings. The van der Waals surface area contributed by atoms with Gasteiger partial charge in [0.2, 0.25) is 5.91 Å². The molecule has 220 valence electrons. The normalized spacial score (nSPS) is 14.2. The van der Waals surface area contributed by atoms with Crippen molar-refractivity contribution in [2.75, 3.05) is 0 Å². The molecule has 0 radical (unpaired) electrons. The fourth-order valence-corrected chi connectivity index (χ4v) is 6.63. The molecule has 1 amide bonds. The molecule has 46 heavy (non-hydrogen) atoms. The van der Waals surface area contributed by atoms with Gasteiger partial charge in [-0.25, -0.2) is 0 Å². The summed E-state index contributed by atoms with van der Waals surface area (Å²) >= 11 is 0. The molecule has 0 unspecified atom stereocenters. The summed E-state index contributed by atoms with van der Waals surface area (Å²) in [6.07, 6.45) is 3.13. The molecule has 0 aliphatic carbocycles. The van der Waals surface area contributed by atoms with Crippen LogP contribution in [0.15, 0.2) is 158 Å². The van der Waals surface area contributed by atoms with E-state index in [0.29, 0.717) is 27.2 Å². The Morgan fingerprint density at radius 1 is 0.522 bits per heavy atom. The molecule has 0 N–H and O–H groups in total. The van der Waals surface area contributed by atoms with Gasteiger partial charge in [0.25, 0.3) is 0 Å². The number of aromatic nitrogens is 1. The van der Waals surface area contributed by atoms with Crippen molar-refractivity contribution in [2.24, 2.45) is 0 Å². The minimum absolute atomic E-state index is 0.246. The number of benzene rings is 5. The van der Waals surface area contributed by atoms with E-state index in [0.717, 1.165) is 43.4 Å². The zero-order valence-corrected chi connectivity index (χ0v) is 24.7. The molecular weight excluding hydrogens is 573 g/mol. The number of hydrogen-bond donors (Lipinski definition) is 0. The molecule has 1 aromatic heterocycles. The number of nitrogens with zero attached hydrogens (tertiary/aromatic N) is 2. The highest BCUT2D eigenvalue weighted by Crippen LogP contribution is 2.41. The van der Waals surface area contributed by atoms with Crippen LogP contribution in [0.5, 0.6) is 0 Å². The molecule has 0 bridgehead atoms. The lowest BCUT2D eigenvalue weighted by Gasteiger charge is -2.34. The Morgan fingerprint density at radius 2 is 0.978 bits per heavy atom. The van der Waals surface area contributed by atoms with E-state index in [1.54, 1.807) is 36.4 Å². The molecule has 0 fully saturated rings. The summed E-state index contributed by atoms with van der Waals surface area (Å²) in [5, 5.41) is 0. The topological polar surface area (TPSA) is 24.2 Å². The molecule has 3 heterocycles. The zero-order valence-electron chi connectivity index (χ0n) is 24.7. The average molecular weight is 600 g/mol. The van der Waals surface area contributed by atoms with Crippen LogP contribution in [0, 0.1) is 0 Å². The highest BCUT2D eigenvalue weighted by atomic mass is 19.2. The van der Waals surface area contributed by atoms with Crippen molar-refractivity contribution in [3.63, 3.8) is 0 Å². The third-order valence-corrected chi connectivity index (χ3v) is 8.80. The van der Waals surface area contributed by atoms with E-state index in [2.05, 4.69) is 48.5 Å². The number of amides is 1. The van der Waals surface area contributed by atoms with Crippen molar-refractivity contribution < 1.29 is 17.9 Å². The SMILES string of the molecule is O=C1c2ccccc2C2=Cc3ccc(-c4ccc(C(=C(c5ccccc5)c5ccccc5)c5ccccc5)cc4)c[n+]3[B-](F)(F)N12. The number of halogens is 2. The molecule has 0 atom stereocenters. The van der Waals surface area contributed by atoms with Crippen LogP contribution in [0.25, 0.3) is 34.0 Å². The van der Waals surface area contributed by atoms with Crippen molar-refractivity contribution in [2.45, 2.75) is 0 Å². The molecular formula is C40H27BF2N2O. The summed E-state index contributed by atoms with van der Waals surface area (Å²) in [6, 6.07) is 49.4. The average Bonchev–Trinajstić information content (AvgIpc) is 3.40. The molecule has 0 spiro atoms. The Kier molecular flexibility index (Phi) is 6.57. The van der Waals surface area contributed by atoms with Gasteiger partial charge in [0, 0.05) is 34.5 Å². The summed E-state index contributed by atoms with van der Waals surface area (Å²) in [6.45, 7) is -4.40. The second-order valence-electron chi connectivity index (χ2n) is 11.5. The summed E-state index contributed by atoms with van der Waals surface area (Å²) in [5.74, 6) is -0.673. The van der Waals surface area contributed by atoms with Crippen LogP contribution in [-0.4, -0.2) is 17.7 Å². The summed E-state index contributed by atoms with van der Waals surface area (Å²) < 4.78 is 33.2. The summed E-state index contributed by atoms with van der Waals surface area (Å²) in [7, 11) is 0. The van der Waals surface area contributed by atoms with E-state index in [4.69, 9.17) is 0 Å². The van der Waals surface area contributed by atoms with E-state index in [1.807, 2.05) is 72.8 Å². The number of carbonyl (C=O) groups is 1. The lowest BCUT2D eigenvalue weighted by atomic mass is 9.85. The van der Waals surface area contributed by atoms with Crippen molar-refractivity contribution in [1.82, 2.24) is 4.81 Å². The molecule has 8 rings (SSSR count). The van der Waals surface area contributed by atoms with Gasteiger partial charge in [0.05, 0.1) is 0 Å². The fourth-order valence-electron chi connectivity index (χ4n) is 6.63. The molecule has 6 heteroatoms. The lowest BCUT2D eigenvalue weighted by molar-refractivity contribution is -0.575. The third-order valence-electron chi connectivity index (χ3n) is 8.80. The quantitative estimate of drug-likeness (QED) is 0.143. The van der Waals surface area contributed by atoms with Crippen LogP contribution < -0.4 is 4.48 Å². The molecule has 6 aromatic rings. The first-order valence-corrected chi connectivity index (χ1v) is 15.2. The molecule has 3 nitrogen and oxygen atoms in total. The number of fused-ring (bicyclic) bond motifs is 4. The van der Waals surface area contributed by atoms with Gasteiger partial charge >= 0.3 is 6.97 Å². The zero-order chi connectivity index (χ0) is 31.3. The first-order valence-electron chi connectivity index (χ1n) is 15.2. The van der Waals surface area contributed by atoms with Gasteiger partial charge in [0.1, 0.15) is 6.20 Å². The lowest BCUT2D eigenvalue weighted by Crippen LogP contribution is -2.71. The first-order chi connectivity index (χ1) is 22.5. The third kappa shape index (κ3) is 4.49. The van der Waals surface area contributed by atoms with Gasteiger partial charge in [-0.2, -0.15) is 0 Å². The van der Waals surface area contributed by atoms with Gasteiger partial charge in [-0.3, -0.25) is 4.79 Å². The highest BCUT2D eigenvalue weighted by molar-refractivity contribution is 6.61. The Labute approximate surface area is 266 Å². The van der Waals surface area contributed by atoms with Gasteiger partial charge in [-0.05, 0) is 51.1 Å². The fraction of sp³-hybridized carbons (Fsp3) is 0. The van der Waals surface area contributed by atoms with Crippen LogP contribution in [0.1, 0.15) is 43.9 Å². The smallest absolute Gasteiger partial charge is 0.389 e. The maximum Gasteiger partial charge on any atom is 0.739 e. The number of rotatable bonds is 5. The maximum absolute atomic E-state index is 16.1. The number of hydrogen-bond acceptors (Lipinski definition) is 1. The van der Waals surface area contributed by atoms with Crippen molar-refractivity contribution in [3.05, 3.63) is 197 Å². The number of carbonyl (C=O) groups excluding carboxylic acids is 1. The summed E-state index contributed by atoms with van der Waals surface area (Å²) in [5.41, 5.74) is 9.31. The first kappa shape index (κ1) is 27.7. The Bertz CT molecular complexity index is 2140. The Hall–Kier alpha value is -5.88. The van der Waals surface area contributed by atoms with Crippen molar-refractivity contribution in [3.8, 4) is 11.1 Å². The van der Waals surface area contributed by atoms with Crippen molar-refractivity contribution >= 4 is 35.8 Å². The Morgan fingerprint density at radius 3 is 1.52 bits per heavy atom. The molecule has 2 aliphatic heterocycles. The van der Waals surface area contributed by atoms with Crippen molar-refractivity contribution in [1.29, 1.82) is 0 Å². The van der Waals surface area contributed by atoms with Crippen LogP contribution in [0.4, 0.5) is 8.63 Å². The van der Waals surface area contributed by atoms with E-state index in [-0.39, 0.29) is 5.70 Å². The highest BCUT2D eigenvalue weighted by Gasteiger charge is 2.57. The van der Waals surface area contributed by atoms with Crippen LogP contribution in [0.3, 0.4) is 0 Å². The monoisotopic (exact) mass is 600 g/mol. The van der Waals surface area contributed by atoms with Gasteiger partial charge in [0.15, 0.2) is 5.69 Å². The Balaban J connectivity index is 1.24. The van der Waals surface area contributed by atoms with E-state index in [1.165, 1.54) is 6.20 Å². The van der Waals surface area contributed by atoms with E-state index in [9.17, 15) is 4.79 Å². The van der Waals surface area contributed by atoms with Gasteiger partial charge in [-0.15, -0.1) is 0 Å². The maximum atomic E-state index is 16.1. The second kappa shape index (κ2) is 10.9. The standard InChI is InChI=1S/C40H27BF2N2O/c42-41(43)44-27-33(24-25-34(44)26-37-35-18-10-11-19-36(35)40(46)45(37)41)28-20-22-32(23-21-28)39(31-16-8-3-9-17-31)38(29-12-4-1-5-13-29)30-14-6-2-7-15-30/h1-27H. The second-order valence-corrected chi connectivity index (χ2v) is 11.5. The predicted octanol–water partition coefficient (Wildman–Crippen LogP) is 8.84. The van der Waals surface area contributed by atoms with Crippen LogP contribution in [-0.2, 0) is 0 Å². The van der Waals surface area contributed by atoms with E-state index >= 15 is 8.63 Å². The van der Waals surface area contributed by atoms with Crippen LogP contribution >= 0.6 is 0 Å². The van der Waals surface area contributed by atoms with Crippen LogP contribution in [0.2, 0.25) is 0 Å².